The summed E-state index contributed by atoms with van der Waals surface area (Å²) in [6.07, 6.45) is 3.39. The highest BCUT2D eigenvalue weighted by Crippen LogP contribution is 2.31. The van der Waals surface area contributed by atoms with Gasteiger partial charge in [-0.05, 0) is 30.5 Å². The molecule has 1 aromatic heterocycles. The van der Waals surface area contributed by atoms with Gasteiger partial charge in [-0.25, -0.2) is 0 Å². The van der Waals surface area contributed by atoms with Crippen molar-refractivity contribution in [1.82, 2.24) is 4.98 Å². The summed E-state index contributed by atoms with van der Waals surface area (Å²) in [5.41, 5.74) is 5.34. The van der Waals surface area contributed by atoms with Crippen molar-refractivity contribution in [2.75, 3.05) is 0 Å². The van der Waals surface area contributed by atoms with Crippen molar-refractivity contribution in [3.05, 3.63) is 53.3 Å². The van der Waals surface area contributed by atoms with E-state index in [1.165, 1.54) is 5.56 Å². The van der Waals surface area contributed by atoms with Crippen LogP contribution in [0.5, 0.6) is 0 Å². The van der Waals surface area contributed by atoms with Crippen LogP contribution < -0.4 is 0 Å². The monoisotopic (exact) mass is 223 g/mol. The van der Waals surface area contributed by atoms with Crippen LogP contribution in [0.1, 0.15) is 28.0 Å². The molecule has 0 saturated carbocycles. The first-order chi connectivity index (χ1) is 8.25. The van der Waals surface area contributed by atoms with E-state index in [-0.39, 0.29) is 5.78 Å². The van der Waals surface area contributed by atoms with Gasteiger partial charge in [0.25, 0.3) is 0 Å². The molecule has 3 rings (SSSR count). The smallest absolute Gasteiger partial charge is 0.163 e. The first-order valence-corrected chi connectivity index (χ1v) is 5.84. The molecule has 84 valence electrons. The van der Waals surface area contributed by atoms with E-state index in [2.05, 4.69) is 17.1 Å². The van der Waals surface area contributed by atoms with Gasteiger partial charge in [0.15, 0.2) is 5.78 Å². The molecule has 1 heterocycles. The average molecular weight is 223 g/mol. The standard InChI is InChI=1S/C15H13NO/c1-10-5-6-11(9-16-10)12-3-2-4-14-13(12)7-8-15(14)17/h2-6,9H,7-8H2,1H3. The Kier molecular flexibility index (Phi) is 2.29. The molecule has 2 aromatic rings. The van der Waals surface area contributed by atoms with Crippen LogP contribution in [0.2, 0.25) is 0 Å². The molecule has 0 spiro atoms. The molecular weight excluding hydrogens is 210 g/mol. The van der Waals surface area contributed by atoms with Gasteiger partial charge < -0.3 is 0 Å². The minimum absolute atomic E-state index is 0.266. The van der Waals surface area contributed by atoms with Crippen LogP contribution in [0, 0.1) is 6.92 Å². The van der Waals surface area contributed by atoms with E-state index in [0.717, 1.165) is 28.8 Å². The van der Waals surface area contributed by atoms with Crippen molar-refractivity contribution < 1.29 is 4.79 Å². The van der Waals surface area contributed by atoms with Crippen molar-refractivity contribution in [2.24, 2.45) is 0 Å². The summed E-state index contributed by atoms with van der Waals surface area (Å²) in [4.78, 5) is 16.0. The predicted octanol–water partition coefficient (Wildman–Crippen LogP) is 3.19. The SMILES string of the molecule is Cc1ccc(-c2cccc3c2CCC3=O)cn1. The van der Waals surface area contributed by atoms with Crippen molar-refractivity contribution in [1.29, 1.82) is 0 Å². The second-order valence-electron chi connectivity index (χ2n) is 4.44. The van der Waals surface area contributed by atoms with Crippen molar-refractivity contribution in [3.63, 3.8) is 0 Å². The normalized spacial score (nSPS) is 13.8. The Labute approximate surface area is 100 Å². The highest BCUT2D eigenvalue weighted by Gasteiger charge is 2.22. The van der Waals surface area contributed by atoms with Gasteiger partial charge in [-0.3, -0.25) is 9.78 Å². The molecule has 0 radical (unpaired) electrons. The zero-order chi connectivity index (χ0) is 11.8. The van der Waals surface area contributed by atoms with Gasteiger partial charge in [-0.2, -0.15) is 0 Å². The number of aromatic nitrogens is 1. The van der Waals surface area contributed by atoms with Gasteiger partial charge in [0.2, 0.25) is 0 Å². The van der Waals surface area contributed by atoms with Crippen LogP contribution in [0.15, 0.2) is 36.5 Å². The molecular formula is C15H13NO. The Hall–Kier alpha value is -1.96. The molecule has 0 amide bonds. The van der Waals surface area contributed by atoms with Crippen LogP contribution in [-0.2, 0) is 6.42 Å². The zero-order valence-corrected chi connectivity index (χ0v) is 9.73. The van der Waals surface area contributed by atoms with E-state index >= 15 is 0 Å². The molecule has 0 unspecified atom stereocenters. The number of pyridine rings is 1. The van der Waals surface area contributed by atoms with Crippen molar-refractivity contribution >= 4 is 5.78 Å². The summed E-state index contributed by atoms with van der Waals surface area (Å²) in [6, 6.07) is 10.0. The first kappa shape index (κ1) is 10.2. The van der Waals surface area contributed by atoms with Crippen LogP contribution >= 0.6 is 0 Å². The first-order valence-electron chi connectivity index (χ1n) is 5.84. The van der Waals surface area contributed by atoms with Crippen molar-refractivity contribution in [2.45, 2.75) is 19.8 Å². The van der Waals surface area contributed by atoms with Crippen LogP contribution in [0.3, 0.4) is 0 Å². The maximum atomic E-state index is 11.7. The van der Waals surface area contributed by atoms with Gasteiger partial charge in [-0.1, -0.05) is 24.3 Å². The molecule has 0 fully saturated rings. The minimum atomic E-state index is 0.266. The topological polar surface area (TPSA) is 30.0 Å². The number of Topliss-reactive ketones (excluding diaryl/α,β-unsaturated/α-hetero) is 1. The number of ketones is 1. The summed E-state index contributed by atoms with van der Waals surface area (Å²) < 4.78 is 0. The average Bonchev–Trinajstić information content (AvgIpc) is 2.73. The predicted molar refractivity (Wildman–Crippen MR) is 67.1 cm³/mol. The third-order valence-corrected chi connectivity index (χ3v) is 3.30. The summed E-state index contributed by atoms with van der Waals surface area (Å²) in [5, 5.41) is 0. The molecule has 0 atom stereocenters. The van der Waals surface area contributed by atoms with E-state index in [4.69, 9.17) is 0 Å². The van der Waals surface area contributed by atoms with E-state index < -0.39 is 0 Å². The summed E-state index contributed by atoms with van der Waals surface area (Å²) >= 11 is 0. The number of carbonyl (C=O) groups excluding carboxylic acids is 1. The van der Waals surface area contributed by atoms with Crippen LogP contribution in [0.4, 0.5) is 0 Å². The maximum absolute atomic E-state index is 11.7. The Bertz CT molecular complexity index is 584. The second kappa shape index (κ2) is 3.81. The number of rotatable bonds is 1. The summed E-state index contributed by atoms with van der Waals surface area (Å²) in [7, 11) is 0. The van der Waals surface area contributed by atoms with E-state index in [0.29, 0.717) is 6.42 Å². The summed E-state index contributed by atoms with van der Waals surface area (Å²) in [6.45, 7) is 1.97. The van der Waals surface area contributed by atoms with Gasteiger partial charge in [0, 0.05) is 29.4 Å². The molecule has 0 saturated heterocycles. The third kappa shape index (κ3) is 1.66. The molecule has 1 aliphatic rings. The Balaban J connectivity index is 2.16. The third-order valence-electron chi connectivity index (χ3n) is 3.30. The molecule has 2 nitrogen and oxygen atoms in total. The van der Waals surface area contributed by atoms with Gasteiger partial charge in [-0.15, -0.1) is 0 Å². The lowest BCUT2D eigenvalue weighted by molar-refractivity contribution is 0.0994. The van der Waals surface area contributed by atoms with E-state index in [1.807, 2.05) is 31.3 Å². The lowest BCUT2D eigenvalue weighted by Crippen LogP contribution is -1.92. The van der Waals surface area contributed by atoms with Gasteiger partial charge >= 0.3 is 0 Å². The van der Waals surface area contributed by atoms with Crippen LogP contribution in [0.25, 0.3) is 11.1 Å². The molecule has 0 N–H and O–H groups in total. The van der Waals surface area contributed by atoms with E-state index in [1.54, 1.807) is 0 Å². The molecule has 0 aliphatic heterocycles. The van der Waals surface area contributed by atoms with Crippen LogP contribution in [-0.4, -0.2) is 10.8 Å². The number of nitrogens with zero attached hydrogens (tertiary/aromatic N) is 1. The molecule has 0 bridgehead atoms. The minimum Gasteiger partial charge on any atom is -0.294 e. The molecule has 2 heteroatoms. The molecule has 17 heavy (non-hydrogen) atoms. The number of carbonyl (C=O) groups is 1. The Morgan fingerprint density at radius 1 is 1.06 bits per heavy atom. The number of hydrogen-bond donors (Lipinski definition) is 0. The fraction of sp³-hybridized carbons (Fsp3) is 0.200. The fourth-order valence-electron chi connectivity index (χ4n) is 2.39. The largest absolute Gasteiger partial charge is 0.294 e. The number of benzene rings is 1. The highest BCUT2D eigenvalue weighted by atomic mass is 16.1. The van der Waals surface area contributed by atoms with Gasteiger partial charge in [0.05, 0.1) is 0 Å². The lowest BCUT2D eigenvalue weighted by Gasteiger charge is -2.07. The Morgan fingerprint density at radius 2 is 1.88 bits per heavy atom. The quantitative estimate of drug-likeness (QED) is 0.743. The zero-order valence-electron chi connectivity index (χ0n) is 9.73. The summed E-state index contributed by atoms with van der Waals surface area (Å²) in [5.74, 6) is 0.266. The number of hydrogen-bond acceptors (Lipinski definition) is 2. The lowest BCUT2D eigenvalue weighted by atomic mass is 9.98. The van der Waals surface area contributed by atoms with Crippen molar-refractivity contribution in [3.8, 4) is 11.1 Å². The fourth-order valence-corrected chi connectivity index (χ4v) is 2.39. The number of aryl methyl sites for hydroxylation is 1. The number of fused-ring (bicyclic) bond motifs is 1. The second-order valence-corrected chi connectivity index (χ2v) is 4.44. The molecule has 1 aromatic carbocycles. The molecule has 1 aliphatic carbocycles. The highest BCUT2D eigenvalue weighted by molar-refractivity contribution is 6.02. The Morgan fingerprint density at radius 3 is 2.65 bits per heavy atom. The van der Waals surface area contributed by atoms with E-state index in [9.17, 15) is 4.79 Å². The van der Waals surface area contributed by atoms with Gasteiger partial charge in [0.1, 0.15) is 0 Å². The maximum Gasteiger partial charge on any atom is 0.163 e.